The molecule has 0 aliphatic carbocycles. The van der Waals surface area contributed by atoms with E-state index in [2.05, 4.69) is 0 Å². The Morgan fingerprint density at radius 3 is 0.822 bits per heavy atom. The molecule has 0 heterocycles. The summed E-state index contributed by atoms with van der Waals surface area (Å²) in [5, 5.41) is 1.88. The minimum absolute atomic E-state index is 0.313. The zero-order chi connectivity index (χ0) is 33.2. The van der Waals surface area contributed by atoms with Gasteiger partial charge in [0, 0.05) is 0 Å². The Hall–Kier alpha value is -2.62. The van der Waals surface area contributed by atoms with Crippen molar-refractivity contribution in [3.05, 3.63) is 97.1 Å². The minimum atomic E-state index is -4.57. The third-order valence-corrected chi connectivity index (χ3v) is 15.0. The van der Waals surface area contributed by atoms with Gasteiger partial charge in [-0.25, -0.2) is 0 Å². The molecular weight excluding hydrogens is 707 g/mol. The Labute approximate surface area is 263 Å². The van der Waals surface area contributed by atoms with E-state index in [1.54, 1.807) is 24.3 Å². The zero-order valence-corrected chi connectivity index (χ0v) is 28.0. The fourth-order valence-corrected chi connectivity index (χ4v) is 12.0. The van der Waals surface area contributed by atoms with E-state index in [1.165, 1.54) is 72.8 Å². The number of hydrogen-bond acceptors (Lipinski definition) is 8. The molecule has 0 spiro atoms. The van der Waals surface area contributed by atoms with E-state index >= 15 is 0 Å². The summed E-state index contributed by atoms with van der Waals surface area (Å²) in [5.74, 6) is 0. The number of rotatable bonds is 12. The fourth-order valence-electron chi connectivity index (χ4n) is 4.45. The highest BCUT2D eigenvalue weighted by Crippen LogP contribution is 2.40. The van der Waals surface area contributed by atoms with Crippen molar-refractivity contribution in [3.8, 4) is 0 Å². The molecule has 0 saturated carbocycles. The van der Waals surface area contributed by atoms with Gasteiger partial charge in [-0.2, -0.15) is 33.7 Å². The van der Waals surface area contributed by atoms with E-state index in [1.807, 2.05) is 0 Å². The molecule has 0 fully saturated rings. The van der Waals surface area contributed by atoms with Gasteiger partial charge < -0.3 is 0 Å². The molecule has 0 bridgehead atoms. The average Bonchev–Trinajstić information content (AvgIpc) is 2.96. The van der Waals surface area contributed by atoms with Crippen LogP contribution in [0.3, 0.4) is 0 Å². The van der Waals surface area contributed by atoms with Crippen LogP contribution in [0, 0.1) is 0 Å². The van der Waals surface area contributed by atoms with Gasteiger partial charge in [0.05, 0.1) is 19.6 Å². The van der Waals surface area contributed by atoms with Crippen LogP contribution < -0.4 is 21.2 Å². The molecule has 18 heteroatoms. The summed E-state index contributed by atoms with van der Waals surface area (Å²) in [4.78, 5) is -1.48. The minimum Gasteiger partial charge on any atom is -0.282 e. The van der Waals surface area contributed by atoms with Crippen molar-refractivity contribution in [2.45, 2.75) is 26.0 Å². The van der Waals surface area contributed by atoms with Crippen LogP contribution in [-0.2, 0) is 40.5 Å². The lowest BCUT2D eigenvalue weighted by molar-refractivity contribution is 0.481. The highest BCUT2D eigenvalue weighted by Gasteiger charge is 2.23. The second-order valence-corrected chi connectivity index (χ2v) is 19.9. The summed E-state index contributed by atoms with van der Waals surface area (Å²) < 4.78 is 133. The molecule has 0 saturated heterocycles. The van der Waals surface area contributed by atoms with Crippen LogP contribution in [0.2, 0.25) is 0 Å². The summed E-state index contributed by atoms with van der Waals surface area (Å²) in [7, 11) is -21.3. The standard InChI is InChI=1S/C27H26O12P2S4/c28-42(29,30)24-10-1-6-20(16-24)40(21-7-2-11-25(17-21)43(31,32)33)14-5-15-41(22-8-3-12-26(18-22)44(34,35)36)23-9-4-13-27(19-23)45(37,38)39/h1-4,6-13,16-19H,5,14-15H2,(H,28,29,30)(H,31,32,33)(H,34,35,36)(H,37,38,39). The van der Waals surface area contributed by atoms with Crippen molar-refractivity contribution < 1.29 is 51.9 Å². The van der Waals surface area contributed by atoms with Crippen molar-refractivity contribution in [3.63, 3.8) is 0 Å². The van der Waals surface area contributed by atoms with E-state index in [9.17, 15) is 51.9 Å². The van der Waals surface area contributed by atoms with Crippen molar-refractivity contribution in [1.29, 1.82) is 0 Å². The molecule has 240 valence electrons. The molecule has 0 aromatic heterocycles. The quantitative estimate of drug-likeness (QED) is 0.122. The fraction of sp³-hybridized carbons (Fsp3) is 0.111. The average molecular weight is 733 g/mol. The summed E-state index contributed by atoms with van der Waals surface area (Å²) in [5.41, 5.74) is 0. The topological polar surface area (TPSA) is 217 Å². The van der Waals surface area contributed by atoms with Gasteiger partial charge >= 0.3 is 0 Å². The van der Waals surface area contributed by atoms with Crippen molar-refractivity contribution in [2.24, 2.45) is 0 Å². The van der Waals surface area contributed by atoms with Crippen molar-refractivity contribution >= 4 is 77.5 Å². The molecule has 4 N–H and O–H groups in total. The first-order valence-corrected chi connectivity index (χ1v) is 21.5. The maximum absolute atomic E-state index is 11.9. The summed E-state index contributed by atoms with van der Waals surface area (Å²) >= 11 is 0. The maximum Gasteiger partial charge on any atom is 0.294 e. The second-order valence-electron chi connectivity index (χ2n) is 9.55. The van der Waals surface area contributed by atoms with Crippen LogP contribution in [0.25, 0.3) is 0 Å². The van der Waals surface area contributed by atoms with Crippen LogP contribution in [0.15, 0.2) is 117 Å². The number of hydrogen-bond donors (Lipinski definition) is 4. The third-order valence-electron chi connectivity index (χ3n) is 6.47. The van der Waals surface area contributed by atoms with Gasteiger partial charge in [0.1, 0.15) is 0 Å². The first-order valence-electron chi connectivity index (χ1n) is 12.7. The first kappa shape index (κ1) is 35.2. The first-order chi connectivity index (χ1) is 20.8. The van der Waals surface area contributed by atoms with Gasteiger partial charge in [0.25, 0.3) is 40.5 Å². The molecule has 0 aliphatic rings. The normalized spacial score (nSPS) is 12.9. The van der Waals surface area contributed by atoms with Gasteiger partial charge in [-0.15, -0.1) is 0 Å². The van der Waals surface area contributed by atoms with Crippen molar-refractivity contribution in [1.82, 2.24) is 0 Å². The Balaban J connectivity index is 1.77. The Kier molecular flexibility index (Phi) is 10.7. The molecule has 4 aromatic rings. The molecule has 0 amide bonds. The Bertz CT molecular complexity index is 1860. The molecule has 4 rings (SSSR count). The van der Waals surface area contributed by atoms with E-state index in [0.29, 0.717) is 40.0 Å². The lowest BCUT2D eigenvalue weighted by atomic mass is 10.4. The summed E-state index contributed by atoms with van der Waals surface area (Å²) in [6.45, 7) is 0. The van der Waals surface area contributed by atoms with Gasteiger partial charge in [0.15, 0.2) is 0 Å². The molecular formula is C27H26O12P2S4. The highest BCUT2D eigenvalue weighted by atomic mass is 32.2. The van der Waals surface area contributed by atoms with E-state index in [0.717, 1.165) is 0 Å². The van der Waals surface area contributed by atoms with Crippen LogP contribution in [0.5, 0.6) is 0 Å². The van der Waals surface area contributed by atoms with Gasteiger partial charge in [-0.1, -0.05) is 48.5 Å². The smallest absolute Gasteiger partial charge is 0.282 e. The number of benzene rings is 4. The lowest BCUT2D eigenvalue weighted by Gasteiger charge is -2.23. The van der Waals surface area contributed by atoms with Gasteiger partial charge in [-0.3, -0.25) is 18.2 Å². The summed E-state index contributed by atoms with van der Waals surface area (Å²) in [6.07, 6.45) is 0.984. The SMILES string of the molecule is O=S(=O)(O)c1cccc(P(CCCP(c2cccc(S(=O)(=O)O)c2)c2cccc(S(=O)(=O)O)c2)c2cccc(S(=O)(=O)O)c2)c1. The molecule has 12 nitrogen and oxygen atoms in total. The molecule has 45 heavy (non-hydrogen) atoms. The lowest BCUT2D eigenvalue weighted by Crippen LogP contribution is -2.19. The largest absolute Gasteiger partial charge is 0.294 e. The molecule has 0 atom stereocenters. The molecule has 0 radical (unpaired) electrons. The van der Waals surface area contributed by atoms with Gasteiger partial charge in [-0.05, 0) is 104 Å². The second kappa shape index (κ2) is 13.6. The highest BCUT2D eigenvalue weighted by molar-refractivity contribution is 7.86. The van der Waals surface area contributed by atoms with Crippen molar-refractivity contribution in [2.75, 3.05) is 12.3 Å². The monoisotopic (exact) mass is 732 g/mol. The predicted octanol–water partition coefficient (Wildman–Crippen LogP) is 2.63. The Morgan fingerprint density at radius 1 is 0.400 bits per heavy atom. The van der Waals surface area contributed by atoms with Crippen LogP contribution in [0.1, 0.15) is 6.42 Å². The Morgan fingerprint density at radius 2 is 0.622 bits per heavy atom. The maximum atomic E-state index is 11.9. The zero-order valence-electron chi connectivity index (χ0n) is 22.9. The molecule has 4 aromatic carbocycles. The van der Waals surface area contributed by atoms with Gasteiger partial charge in [0.2, 0.25) is 0 Å². The third kappa shape index (κ3) is 9.23. The van der Waals surface area contributed by atoms with E-state index in [4.69, 9.17) is 0 Å². The predicted molar refractivity (Wildman–Crippen MR) is 172 cm³/mol. The van der Waals surface area contributed by atoms with Crippen LogP contribution >= 0.6 is 15.8 Å². The summed E-state index contributed by atoms with van der Waals surface area (Å²) in [6, 6.07) is 22.1. The van der Waals surface area contributed by atoms with Crippen LogP contribution in [-0.4, -0.2) is 64.2 Å². The van der Waals surface area contributed by atoms with E-state index in [-0.39, 0.29) is 19.6 Å². The molecule has 0 aliphatic heterocycles. The van der Waals surface area contributed by atoms with E-state index < -0.39 is 56.3 Å². The van der Waals surface area contributed by atoms with Crippen LogP contribution in [0.4, 0.5) is 0 Å². The molecule has 0 unspecified atom stereocenters.